The van der Waals surface area contributed by atoms with Crippen LogP contribution in [0, 0.1) is 5.82 Å². The van der Waals surface area contributed by atoms with Crippen LogP contribution < -0.4 is 11.2 Å². The van der Waals surface area contributed by atoms with E-state index in [0.717, 1.165) is 10.1 Å². The highest BCUT2D eigenvalue weighted by Crippen LogP contribution is 2.22. The average Bonchev–Trinajstić information content (AvgIpc) is 3.19. The number of benzene rings is 2. The van der Waals surface area contributed by atoms with E-state index in [1.807, 2.05) is 37.3 Å². The lowest BCUT2D eigenvalue weighted by Crippen LogP contribution is -2.41. The van der Waals surface area contributed by atoms with Crippen molar-refractivity contribution in [2.24, 2.45) is 0 Å². The fraction of sp³-hybridized carbons (Fsp3) is 0.227. The van der Waals surface area contributed by atoms with Crippen molar-refractivity contribution in [3.05, 3.63) is 93.1 Å². The van der Waals surface area contributed by atoms with Gasteiger partial charge in [0.1, 0.15) is 5.82 Å². The molecular formula is C22H21FN4O3. The highest BCUT2D eigenvalue weighted by molar-refractivity contribution is 5.72. The van der Waals surface area contributed by atoms with Crippen LogP contribution in [0.25, 0.3) is 16.9 Å². The van der Waals surface area contributed by atoms with Gasteiger partial charge in [0, 0.05) is 7.11 Å². The minimum atomic E-state index is -0.590. The largest absolute Gasteiger partial charge is 0.383 e. The van der Waals surface area contributed by atoms with Gasteiger partial charge in [0.15, 0.2) is 11.2 Å². The summed E-state index contributed by atoms with van der Waals surface area (Å²) >= 11 is 0. The SMILES string of the molecule is COCCn1c(=O)c2c(ncn2[C@H](C)c2ccccc2)n(-c2cccc(F)c2)c1=O. The summed E-state index contributed by atoms with van der Waals surface area (Å²) in [5.41, 5.74) is 0.697. The summed E-state index contributed by atoms with van der Waals surface area (Å²) in [4.78, 5) is 30.8. The van der Waals surface area contributed by atoms with Gasteiger partial charge < -0.3 is 9.30 Å². The number of rotatable bonds is 6. The first-order valence-corrected chi connectivity index (χ1v) is 9.55. The second-order valence-electron chi connectivity index (χ2n) is 6.96. The second kappa shape index (κ2) is 8.08. The second-order valence-corrected chi connectivity index (χ2v) is 6.96. The van der Waals surface area contributed by atoms with Crippen LogP contribution >= 0.6 is 0 Å². The molecule has 2 aromatic heterocycles. The molecule has 1 atom stereocenters. The number of halogens is 1. The van der Waals surface area contributed by atoms with Crippen molar-refractivity contribution in [2.45, 2.75) is 19.5 Å². The molecule has 0 aliphatic carbocycles. The molecule has 0 N–H and O–H groups in total. The van der Waals surface area contributed by atoms with Gasteiger partial charge in [-0.3, -0.25) is 9.36 Å². The summed E-state index contributed by atoms with van der Waals surface area (Å²) < 4.78 is 23.1. The van der Waals surface area contributed by atoms with E-state index in [-0.39, 0.29) is 30.4 Å². The van der Waals surface area contributed by atoms with E-state index in [0.29, 0.717) is 5.69 Å². The Morgan fingerprint density at radius 1 is 1.10 bits per heavy atom. The minimum Gasteiger partial charge on any atom is -0.383 e. The fourth-order valence-corrected chi connectivity index (χ4v) is 3.56. The summed E-state index contributed by atoms with van der Waals surface area (Å²) in [6, 6.07) is 15.1. The van der Waals surface area contributed by atoms with Crippen LogP contribution in [0.1, 0.15) is 18.5 Å². The standard InChI is InChI=1S/C22H21FN4O3/c1-15(16-7-4-3-5-8-16)26-14-24-20-19(26)21(28)25(11-12-30-2)22(29)27(20)18-10-6-9-17(23)13-18/h3-10,13-15H,11-12H2,1-2H3/t15-/m1/s1. The van der Waals surface area contributed by atoms with Crippen LogP contribution in [0.2, 0.25) is 0 Å². The number of imidazole rings is 1. The number of nitrogens with zero attached hydrogens (tertiary/aromatic N) is 4. The van der Waals surface area contributed by atoms with E-state index in [2.05, 4.69) is 4.98 Å². The van der Waals surface area contributed by atoms with Crippen molar-refractivity contribution in [3.8, 4) is 5.69 Å². The topological polar surface area (TPSA) is 71.1 Å². The molecule has 154 valence electrons. The number of fused-ring (bicyclic) bond motifs is 1. The van der Waals surface area contributed by atoms with E-state index in [4.69, 9.17) is 4.74 Å². The van der Waals surface area contributed by atoms with Crippen LogP contribution in [0.4, 0.5) is 4.39 Å². The summed E-state index contributed by atoms with van der Waals surface area (Å²) in [6.07, 6.45) is 1.54. The van der Waals surface area contributed by atoms with Crippen molar-refractivity contribution >= 4 is 11.2 Å². The number of hydrogen-bond acceptors (Lipinski definition) is 4. The van der Waals surface area contributed by atoms with Gasteiger partial charge in [0.25, 0.3) is 5.56 Å². The maximum absolute atomic E-state index is 13.9. The monoisotopic (exact) mass is 408 g/mol. The Labute approximate surface area is 171 Å². The zero-order valence-electron chi connectivity index (χ0n) is 16.7. The molecule has 0 spiro atoms. The van der Waals surface area contributed by atoms with Gasteiger partial charge in [-0.2, -0.15) is 0 Å². The molecule has 7 nitrogen and oxygen atoms in total. The summed E-state index contributed by atoms with van der Waals surface area (Å²) in [5, 5.41) is 0. The fourth-order valence-electron chi connectivity index (χ4n) is 3.56. The smallest absolute Gasteiger partial charge is 0.337 e. The van der Waals surface area contributed by atoms with E-state index in [1.54, 1.807) is 17.0 Å². The van der Waals surface area contributed by atoms with Crippen LogP contribution in [0.3, 0.4) is 0 Å². The molecule has 0 amide bonds. The molecular weight excluding hydrogens is 387 g/mol. The lowest BCUT2D eigenvalue weighted by Gasteiger charge is -2.16. The zero-order valence-corrected chi connectivity index (χ0v) is 16.7. The quantitative estimate of drug-likeness (QED) is 0.492. The molecule has 0 fully saturated rings. The first kappa shape index (κ1) is 19.8. The van der Waals surface area contributed by atoms with E-state index < -0.39 is 17.1 Å². The molecule has 0 aliphatic heterocycles. The van der Waals surface area contributed by atoms with Gasteiger partial charge >= 0.3 is 5.69 Å². The average molecular weight is 408 g/mol. The molecule has 8 heteroatoms. The van der Waals surface area contributed by atoms with Crippen LogP contribution in [-0.2, 0) is 11.3 Å². The van der Waals surface area contributed by atoms with Crippen LogP contribution in [0.5, 0.6) is 0 Å². The maximum atomic E-state index is 13.9. The summed E-state index contributed by atoms with van der Waals surface area (Å²) in [7, 11) is 1.50. The molecule has 0 saturated heterocycles. The lowest BCUT2D eigenvalue weighted by molar-refractivity contribution is 0.184. The molecule has 0 unspecified atom stereocenters. The number of methoxy groups -OCH3 is 1. The zero-order chi connectivity index (χ0) is 21.3. The van der Waals surface area contributed by atoms with E-state index >= 15 is 0 Å². The summed E-state index contributed by atoms with van der Waals surface area (Å²) in [5.74, 6) is -0.487. The molecule has 0 saturated carbocycles. The third-order valence-electron chi connectivity index (χ3n) is 5.14. The molecule has 0 bridgehead atoms. The Morgan fingerprint density at radius 3 is 2.57 bits per heavy atom. The minimum absolute atomic E-state index is 0.0737. The van der Waals surface area contributed by atoms with Crippen molar-refractivity contribution < 1.29 is 9.13 Å². The molecule has 4 aromatic rings. The summed E-state index contributed by atoms with van der Waals surface area (Å²) in [6.45, 7) is 2.21. The highest BCUT2D eigenvalue weighted by Gasteiger charge is 2.22. The first-order chi connectivity index (χ1) is 14.5. The first-order valence-electron chi connectivity index (χ1n) is 9.55. The van der Waals surface area contributed by atoms with Crippen molar-refractivity contribution in [1.29, 1.82) is 0 Å². The van der Waals surface area contributed by atoms with Crippen LogP contribution in [-0.4, -0.2) is 32.4 Å². The maximum Gasteiger partial charge on any atom is 0.337 e. The number of aromatic nitrogens is 4. The molecule has 2 heterocycles. The Balaban J connectivity index is 2.03. The van der Waals surface area contributed by atoms with Gasteiger partial charge in [-0.1, -0.05) is 36.4 Å². The number of hydrogen-bond donors (Lipinski definition) is 0. The van der Waals surface area contributed by atoms with Crippen LogP contribution in [0.15, 0.2) is 70.5 Å². The van der Waals surface area contributed by atoms with Gasteiger partial charge in [-0.05, 0) is 30.7 Å². The van der Waals surface area contributed by atoms with Crippen molar-refractivity contribution in [1.82, 2.24) is 18.7 Å². The Morgan fingerprint density at radius 2 is 1.87 bits per heavy atom. The highest BCUT2D eigenvalue weighted by atomic mass is 19.1. The van der Waals surface area contributed by atoms with Gasteiger partial charge in [-0.15, -0.1) is 0 Å². The lowest BCUT2D eigenvalue weighted by atomic mass is 10.1. The Kier molecular flexibility index (Phi) is 5.33. The van der Waals surface area contributed by atoms with Crippen molar-refractivity contribution in [3.63, 3.8) is 0 Å². The van der Waals surface area contributed by atoms with E-state index in [1.165, 1.54) is 29.9 Å². The van der Waals surface area contributed by atoms with E-state index in [9.17, 15) is 14.0 Å². The Hall–Kier alpha value is -3.52. The molecule has 2 aromatic carbocycles. The molecule has 30 heavy (non-hydrogen) atoms. The molecule has 4 rings (SSSR count). The third kappa shape index (κ3) is 3.35. The third-order valence-corrected chi connectivity index (χ3v) is 5.14. The molecule has 0 aliphatic rings. The van der Waals surface area contributed by atoms with Crippen molar-refractivity contribution in [2.75, 3.05) is 13.7 Å². The Bertz CT molecular complexity index is 1310. The number of ether oxygens (including phenoxy) is 1. The molecule has 0 radical (unpaired) electrons. The van der Waals surface area contributed by atoms with Gasteiger partial charge in [0.2, 0.25) is 0 Å². The normalized spacial score (nSPS) is 12.4. The predicted molar refractivity (Wildman–Crippen MR) is 112 cm³/mol. The van der Waals surface area contributed by atoms with Gasteiger partial charge in [0.05, 0.1) is 31.2 Å². The predicted octanol–water partition coefficient (Wildman–Crippen LogP) is 2.74. The van der Waals surface area contributed by atoms with Gasteiger partial charge in [-0.25, -0.2) is 18.7 Å².